The maximum Gasteiger partial charge on any atom is 0.325 e. The molecule has 2 aliphatic heterocycles. The molecule has 5 heteroatoms. The number of carbonyl (C=O) groups excluding carboxylic acids is 2. The van der Waals surface area contributed by atoms with E-state index in [0.29, 0.717) is 19.6 Å². The van der Waals surface area contributed by atoms with Crippen LogP contribution in [0.3, 0.4) is 0 Å². The Kier molecular flexibility index (Phi) is 3.22. The minimum atomic E-state index is -0.820. The monoisotopic (exact) mass is 274 g/mol. The van der Waals surface area contributed by atoms with E-state index in [4.69, 9.17) is 4.74 Å². The SMILES string of the molecule is CCc1cccc(CN2C(=O)N[C@@]3(CCOC3)C2=O)c1. The molecule has 1 N–H and O–H groups in total. The minimum absolute atomic E-state index is 0.165. The summed E-state index contributed by atoms with van der Waals surface area (Å²) in [5, 5.41) is 2.79. The molecule has 0 bridgehead atoms. The number of imide groups is 1. The Morgan fingerprint density at radius 1 is 1.35 bits per heavy atom. The first-order valence-corrected chi connectivity index (χ1v) is 6.94. The molecule has 0 saturated carbocycles. The predicted octanol–water partition coefficient (Wildman–Crippen LogP) is 1.46. The van der Waals surface area contributed by atoms with E-state index in [0.717, 1.165) is 12.0 Å². The molecule has 1 aromatic rings. The van der Waals surface area contributed by atoms with Gasteiger partial charge in [-0.3, -0.25) is 9.69 Å². The summed E-state index contributed by atoms with van der Waals surface area (Å²) < 4.78 is 5.27. The van der Waals surface area contributed by atoms with Crippen molar-refractivity contribution in [2.24, 2.45) is 0 Å². The van der Waals surface area contributed by atoms with Gasteiger partial charge < -0.3 is 10.1 Å². The van der Waals surface area contributed by atoms with E-state index in [1.54, 1.807) is 0 Å². The first kappa shape index (κ1) is 13.1. The highest BCUT2D eigenvalue weighted by atomic mass is 16.5. The summed E-state index contributed by atoms with van der Waals surface area (Å²) in [6.07, 6.45) is 1.49. The normalized spacial score (nSPS) is 25.6. The first-order valence-electron chi connectivity index (χ1n) is 6.94. The Labute approximate surface area is 117 Å². The Hall–Kier alpha value is -1.88. The van der Waals surface area contributed by atoms with Gasteiger partial charge in [0.15, 0.2) is 0 Å². The van der Waals surface area contributed by atoms with Crippen molar-refractivity contribution in [1.29, 1.82) is 0 Å². The highest BCUT2D eigenvalue weighted by Crippen LogP contribution is 2.28. The Morgan fingerprint density at radius 3 is 2.85 bits per heavy atom. The van der Waals surface area contributed by atoms with Crippen molar-refractivity contribution in [3.05, 3.63) is 35.4 Å². The van der Waals surface area contributed by atoms with Gasteiger partial charge in [-0.05, 0) is 17.5 Å². The third-order valence-corrected chi connectivity index (χ3v) is 4.01. The van der Waals surface area contributed by atoms with Gasteiger partial charge in [0, 0.05) is 13.0 Å². The molecular weight excluding hydrogens is 256 g/mol. The van der Waals surface area contributed by atoms with Gasteiger partial charge in [-0.1, -0.05) is 31.2 Å². The summed E-state index contributed by atoms with van der Waals surface area (Å²) in [5.41, 5.74) is 1.36. The zero-order valence-electron chi connectivity index (χ0n) is 11.5. The Morgan fingerprint density at radius 2 is 2.15 bits per heavy atom. The number of rotatable bonds is 3. The van der Waals surface area contributed by atoms with Crippen LogP contribution >= 0.6 is 0 Å². The lowest BCUT2D eigenvalue weighted by atomic mass is 9.99. The van der Waals surface area contributed by atoms with Gasteiger partial charge in [0.2, 0.25) is 0 Å². The van der Waals surface area contributed by atoms with E-state index in [9.17, 15) is 9.59 Å². The number of ether oxygens (including phenoxy) is 1. The van der Waals surface area contributed by atoms with Crippen molar-refractivity contribution in [2.45, 2.75) is 31.8 Å². The van der Waals surface area contributed by atoms with Crippen LogP contribution in [0.4, 0.5) is 4.79 Å². The lowest BCUT2D eigenvalue weighted by Crippen LogP contribution is -2.47. The summed E-state index contributed by atoms with van der Waals surface area (Å²) >= 11 is 0. The van der Waals surface area contributed by atoms with Crippen LogP contribution in [0, 0.1) is 0 Å². The lowest BCUT2D eigenvalue weighted by molar-refractivity contribution is -0.131. The summed E-state index contributed by atoms with van der Waals surface area (Å²) in [4.78, 5) is 25.8. The predicted molar refractivity (Wildman–Crippen MR) is 73.1 cm³/mol. The zero-order chi connectivity index (χ0) is 14.2. The van der Waals surface area contributed by atoms with E-state index < -0.39 is 5.54 Å². The number of nitrogens with zero attached hydrogens (tertiary/aromatic N) is 1. The van der Waals surface area contributed by atoms with Crippen LogP contribution < -0.4 is 5.32 Å². The third kappa shape index (κ3) is 2.08. The topological polar surface area (TPSA) is 58.6 Å². The lowest BCUT2D eigenvalue weighted by Gasteiger charge is -2.18. The standard InChI is InChI=1S/C15H18N2O3/c1-2-11-4-3-5-12(8-11)9-17-13(18)15(16-14(17)19)6-7-20-10-15/h3-5,8H,2,6-7,9-10H2,1H3,(H,16,19)/t15-/m1/s1. The molecule has 5 nitrogen and oxygen atoms in total. The van der Waals surface area contributed by atoms with Crippen molar-refractivity contribution >= 4 is 11.9 Å². The second-order valence-electron chi connectivity index (χ2n) is 5.38. The number of hydrogen-bond acceptors (Lipinski definition) is 3. The molecule has 1 spiro atoms. The molecule has 3 rings (SSSR count). The number of amides is 3. The van der Waals surface area contributed by atoms with Crippen molar-refractivity contribution < 1.29 is 14.3 Å². The number of urea groups is 1. The van der Waals surface area contributed by atoms with E-state index in [2.05, 4.69) is 12.2 Å². The smallest absolute Gasteiger partial charge is 0.325 e. The fraction of sp³-hybridized carbons (Fsp3) is 0.467. The van der Waals surface area contributed by atoms with Crippen LogP contribution in [-0.2, 0) is 22.5 Å². The van der Waals surface area contributed by atoms with Crippen molar-refractivity contribution in [1.82, 2.24) is 10.2 Å². The van der Waals surface area contributed by atoms with Gasteiger partial charge in [-0.25, -0.2) is 4.79 Å². The van der Waals surface area contributed by atoms with Gasteiger partial charge in [0.1, 0.15) is 5.54 Å². The molecule has 106 valence electrons. The molecule has 1 aromatic carbocycles. The summed E-state index contributed by atoms with van der Waals surface area (Å²) in [7, 11) is 0. The molecule has 3 amide bonds. The molecule has 0 aliphatic carbocycles. The number of carbonyl (C=O) groups is 2. The van der Waals surface area contributed by atoms with Crippen LogP contribution in [0.2, 0.25) is 0 Å². The van der Waals surface area contributed by atoms with Crippen molar-refractivity contribution in [3.8, 4) is 0 Å². The summed E-state index contributed by atoms with van der Waals surface area (Å²) in [6, 6.07) is 7.66. The highest BCUT2D eigenvalue weighted by Gasteiger charge is 2.53. The number of hydrogen-bond donors (Lipinski definition) is 1. The van der Waals surface area contributed by atoms with Crippen LogP contribution in [0.5, 0.6) is 0 Å². The molecule has 2 saturated heterocycles. The molecule has 0 unspecified atom stereocenters. The summed E-state index contributed by atoms with van der Waals surface area (Å²) in [5.74, 6) is -0.165. The fourth-order valence-electron chi connectivity index (χ4n) is 2.78. The quantitative estimate of drug-likeness (QED) is 0.849. The molecular formula is C15H18N2O3. The van der Waals surface area contributed by atoms with Gasteiger partial charge in [0.05, 0.1) is 13.2 Å². The molecule has 20 heavy (non-hydrogen) atoms. The number of benzene rings is 1. The molecule has 2 fully saturated rings. The van der Waals surface area contributed by atoms with Gasteiger partial charge in [0.25, 0.3) is 5.91 Å². The van der Waals surface area contributed by atoms with E-state index in [1.165, 1.54) is 10.5 Å². The maximum absolute atomic E-state index is 12.5. The van der Waals surface area contributed by atoms with Gasteiger partial charge in [-0.15, -0.1) is 0 Å². The minimum Gasteiger partial charge on any atom is -0.378 e. The first-order chi connectivity index (χ1) is 9.64. The van der Waals surface area contributed by atoms with E-state index in [-0.39, 0.29) is 18.5 Å². The van der Waals surface area contributed by atoms with Crippen LogP contribution in [0.1, 0.15) is 24.5 Å². The van der Waals surface area contributed by atoms with Gasteiger partial charge >= 0.3 is 6.03 Å². The average molecular weight is 274 g/mol. The van der Waals surface area contributed by atoms with Crippen molar-refractivity contribution in [2.75, 3.05) is 13.2 Å². The second-order valence-corrected chi connectivity index (χ2v) is 5.38. The fourth-order valence-corrected chi connectivity index (χ4v) is 2.78. The van der Waals surface area contributed by atoms with E-state index in [1.807, 2.05) is 24.3 Å². The Balaban J connectivity index is 1.80. The molecule has 0 aromatic heterocycles. The highest BCUT2D eigenvalue weighted by molar-refractivity contribution is 6.07. The van der Waals surface area contributed by atoms with Crippen LogP contribution in [-0.4, -0.2) is 35.6 Å². The third-order valence-electron chi connectivity index (χ3n) is 4.01. The molecule has 2 heterocycles. The zero-order valence-corrected chi connectivity index (χ0v) is 11.5. The number of nitrogens with one attached hydrogen (secondary N) is 1. The Bertz CT molecular complexity index is 550. The van der Waals surface area contributed by atoms with Crippen molar-refractivity contribution in [3.63, 3.8) is 0 Å². The largest absolute Gasteiger partial charge is 0.378 e. The summed E-state index contributed by atoms with van der Waals surface area (Å²) in [6.45, 7) is 3.20. The van der Waals surface area contributed by atoms with E-state index >= 15 is 0 Å². The number of aryl methyl sites for hydroxylation is 1. The molecule has 1 atom stereocenters. The average Bonchev–Trinajstić information content (AvgIpc) is 3.01. The van der Waals surface area contributed by atoms with Crippen LogP contribution in [0.25, 0.3) is 0 Å². The molecule has 2 aliphatic rings. The maximum atomic E-state index is 12.5. The van der Waals surface area contributed by atoms with Crippen LogP contribution in [0.15, 0.2) is 24.3 Å². The second kappa shape index (κ2) is 4.90. The molecule has 0 radical (unpaired) electrons. The van der Waals surface area contributed by atoms with Gasteiger partial charge in [-0.2, -0.15) is 0 Å².